The summed E-state index contributed by atoms with van der Waals surface area (Å²) in [5.74, 6) is 0. The molecule has 2 aromatic heterocycles. The van der Waals surface area contributed by atoms with Crippen LogP contribution in [0.1, 0.15) is 70.8 Å². The molecule has 0 saturated carbocycles. The quantitative estimate of drug-likeness (QED) is 0.141. The summed E-state index contributed by atoms with van der Waals surface area (Å²) in [7, 11) is 0. The Morgan fingerprint density at radius 2 is 0.504 bits per heavy atom. The summed E-state index contributed by atoms with van der Waals surface area (Å²) in [4.78, 5) is 5.39. The SMILES string of the molecule is CC(C)(C)c1cc2c3c(c1)N(c1ccccc1-c1ccc4c(c1)-c1ccccc1C41c4ccccc4-c4ccccc41)c1cc(-c4ccc5c(c4)c4ccccc4n5-c4ccccc4)ccc1B3c1ccc(-c3ccc4c(c3)c3ccccc3n4-c3ccccc3)cc1N2c1ccccc1-c1ccc2c(c1)-c1ccccc1C21c2ccccc2-c2ccccc21. The van der Waals surface area contributed by atoms with Crippen LogP contribution in [-0.2, 0) is 16.2 Å². The average Bonchev–Trinajstić information content (AvgIpc) is 1.51. The van der Waals surface area contributed by atoms with Gasteiger partial charge in [-0.25, -0.2) is 0 Å². The Morgan fingerprint density at radius 1 is 0.208 bits per heavy atom. The highest BCUT2D eigenvalue weighted by Crippen LogP contribution is 2.66. The molecular weight excluding hydrogens is 1510 g/mol. The number of benzene rings is 19. The van der Waals surface area contributed by atoms with E-state index in [0.717, 1.165) is 90.0 Å². The molecule has 0 bridgehead atoms. The van der Waals surface area contributed by atoms with E-state index in [-0.39, 0.29) is 12.1 Å². The van der Waals surface area contributed by atoms with Gasteiger partial charge in [0, 0.05) is 66.8 Å². The maximum absolute atomic E-state index is 2.70. The molecule has 0 fully saturated rings. The first-order valence-electron chi connectivity index (χ1n) is 44.0. The van der Waals surface area contributed by atoms with Gasteiger partial charge >= 0.3 is 0 Å². The fourth-order valence-corrected chi connectivity index (χ4v) is 23.7. The van der Waals surface area contributed by atoms with E-state index in [2.05, 4.69) is 464 Å². The van der Waals surface area contributed by atoms with Crippen molar-refractivity contribution in [2.24, 2.45) is 0 Å². The number of rotatable bonds is 8. The van der Waals surface area contributed by atoms with Gasteiger partial charge in [0.1, 0.15) is 0 Å². The molecule has 0 atom stereocenters. The molecule has 4 heterocycles. The highest BCUT2D eigenvalue weighted by molar-refractivity contribution is 7.00. The van der Waals surface area contributed by atoms with Crippen molar-refractivity contribution in [1.82, 2.24) is 9.13 Å². The van der Waals surface area contributed by atoms with Gasteiger partial charge in [-0.1, -0.05) is 336 Å². The third-order valence-corrected chi connectivity index (χ3v) is 28.9. The first-order chi connectivity index (χ1) is 61.7. The third-order valence-electron chi connectivity index (χ3n) is 28.9. The van der Waals surface area contributed by atoms with Gasteiger partial charge in [0.2, 0.25) is 0 Å². The summed E-state index contributed by atoms with van der Waals surface area (Å²) in [5.41, 5.74) is 47.7. The Kier molecular flexibility index (Phi) is 14.6. The fourth-order valence-electron chi connectivity index (χ4n) is 23.7. The fraction of sp³-hybridized carbons (Fsp3) is 0.0500. The van der Waals surface area contributed by atoms with Gasteiger partial charge in [0.25, 0.3) is 6.71 Å². The van der Waals surface area contributed by atoms with E-state index in [9.17, 15) is 0 Å². The van der Waals surface area contributed by atoms with Crippen LogP contribution in [0.4, 0.5) is 34.1 Å². The lowest BCUT2D eigenvalue weighted by atomic mass is 9.33. The molecule has 0 N–H and O–H groups in total. The summed E-state index contributed by atoms with van der Waals surface area (Å²) < 4.78 is 4.85. The second-order valence-corrected chi connectivity index (χ2v) is 36.0. The predicted molar refractivity (Wildman–Crippen MR) is 522 cm³/mol. The van der Waals surface area contributed by atoms with Crippen molar-refractivity contribution in [2.45, 2.75) is 37.0 Å². The molecule has 0 radical (unpaired) electrons. The molecule has 6 aliphatic rings. The Balaban J connectivity index is 0.711. The van der Waals surface area contributed by atoms with Crippen LogP contribution in [0.15, 0.2) is 425 Å². The van der Waals surface area contributed by atoms with Crippen LogP contribution < -0.4 is 26.2 Å². The minimum atomic E-state index is -0.482. The number of fused-ring (bicyclic) bond motifs is 30. The average molecular weight is 1590 g/mol. The van der Waals surface area contributed by atoms with Crippen molar-refractivity contribution in [2.75, 3.05) is 9.80 Å². The molecule has 2 spiro atoms. The molecule has 0 unspecified atom stereocenters. The molecule has 19 aromatic carbocycles. The van der Waals surface area contributed by atoms with Crippen LogP contribution in [-0.4, -0.2) is 15.8 Å². The Labute approximate surface area is 726 Å². The number of anilines is 6. The van der Waals surface area contributed by atoms with Gasteiger partial charge < -0.3 is 18.9 Å². The van der Waals surface area contributed by atoms with Crippen LogP contribution in [0.25, 0.3) is 144 Å². The minimum Gasteiger partial charge on any atom is -0.311 e. The summed E-state index contributed by atoms with van der Waals surface area (Å²) in [6, 6.07) is 163. The Bertz CT molecular complexity index is 7690. The molecule has 582 valence electrons. The van der Waals surface area contributed by atoms with Crippen LogP contribution in [0, 0.1) is 0 Å². The lowest BCUT2D eigenvalue weighted by Crippen LogP contribution is -2.61. The van der Waals surface area contributed by atoms with Crippen molar-refractivity contribution in [3.05, 3.63) is 475 Å². The molecule has 0 amide bonds. The van der Waals surface area contributed by atoms with Gasteiger partial charge in [-0.15, -0.1) is 0 Å². The molecular formula is C120H79BN4. The third kappa shape index (κ3) is 9.56. The second kappa shape index (κ2) is 26.0. The molecule has 4 aliphatic carbocycles. The van der Waals surface area contributed by atoms with E-state index in [1.54, 1.807) is 0 Å². The van der Waals surface area contributed by atoms with Gasteiger partial charge in [-0.2, -0.15) is 0 Å². The van der Waals surface area contributed by atoms with Crippen LogP contribution >= 0.6 is 0 Å². The summed E-state index contributed by atoms with van der Waals surface area (Å²) in [6.45, 7) is 6.99. The highest BCUT2D eigenvalue weighted by atomic mass is 15.2. The van der Waals surface area contributed by atoms with E-state index < -0.39 is 10.8 Å². The molecule has 0 saturated heterocycles. The van der Waals surface area contributed by atoms with Gasteiger partial charge in [-0.05, 0) is 259 Å². The maximum atomic E-state index is 2.70. The lowest BCUT2D eigenvalue weighted by Gasteiger charge is -2.46. The zero-order valence-electron chi connectivity index (χ0n) is 69.3. The lowest BCUT2D eigenvalue weighted by molar-refractivity contribution is 0.590. The van der Waals surface area contributed by atoms with Crippen molar-refractivity contribution < 1.29 is 0 Å². The highest BCUT2D eigenvalue weighted by Gasteiger charge is 2.54. The van der Waals surface area contributed by atoms with Gasteiger partial charge in [0.15, 0.2) is 0 Å². The van der Waals surface area contributed by atoms with Crippen molar-refractivity contribution >= 4 is 101 Å². The van der Waals surface area contributed by atoms with E-state index in [1.807, 2.05) is 0 Å². The Morgan fingerprint density at radius 3 is 0.888 bits per heavy atom. The molecule has 5 heteroatoms. The predicted octanol–water partition coefficient (Wildman–Crippen LogP) is 28.6. The molecule has 125 heavy (non-hydrogen) atoms. The smallest absolute Gasteiger partial charge is 0.252 e. The van der Waals surface area contributed by atoms with Crippen molar-refractivity contribution in [3.8, 4) is 100 Å². The number of para-hydroxylation sites is 6. The first-order valence-corrected chi connectivity index (χ1v) is 44.0. The van der Waals surface area contributed by atoms with E-state index >= 15 is 0 Å². The zero-order chi connectivity index (χ0) is 82.3. The molecule has 4 nitrogen and oxygen atoms in total. The number of aromatic nitrogens is 2. The summed E-state index contributed by atoms with van der Waals surface area (Å²) in [5, 5.41) is 4.88. The van der Waals surface area contributed by atoms with E-state index in [0.29, 0.717) is 0 Å². The summed E-state index contributed by atoms with van der Waals surface area (Å²) in [6.07, 6.45) is 0. The molecule has 2 aliphatic heterocycles. The zero-order valence-corrected chi connectivity index (χ0v) is 69.3. The van der Waals surface area contributed by atoms with E-state index in [4.69, 9.17) is 0 Å². The Hall–Kier alpha value is -15.6. The topological polar surface area (TPSA) is 16.3 Å². The number of nitrogens with zero attached hydrogens (tertiary/aromatic N) is 4. The largest absolute Gasteiger partial charge is 0.311 e. The number of hydrogen-bond donors (Lipinski definition) is 0. The normalized spacial score (nSPS) is 14.0. The van der Waals surface area contributed by atoms with Crippen LogP contribution in [0.3, 0.4) is 0 Å². The minimum absolute atomic E-state index is 0.221. The molecule has 21 aromatic rings. The van der Waals surface area contributed by atoms with Crippen LogP contribution in [0.2, 0.25) is 0 Å². The van der Waals surface area contributed by atoms with Crippen molar-refractivity contribution in [3.63, 3.8) is 0 Å². The second-order valence-electron chi connectivity index (χ2n) is 36.0. The standard InChI is InChI=1S/C120H79BN4/c1-118(2,3)80-72-115-117-116(73-80)125(108-51-27-17-35-84(108)79-55-61-104-94(69-79)90-41-15-25-49-102(90)120(104)99-46-22-12-38-87(99)88-39-13-23-47-100(88)120)114-71-77(75-59-65-112-96(67-75)92-43-19-29-53-110(92)123(112)82-32-8-5-9-33-82)57-63-106(114)121(117)105-62-56-76(74-58-64-111-95(66-74)91-42-18-28-52-109(91)122(111)81-30-6-4-7-31-81)70-113(105)124(115)107-50-26-16-34-83(107)78-54-60-103-93(68-78)89-40-14-24-48-101(89)119(103)97-44-20-10-36-85(97)86-37-11-21-45-98(86)119/h4-73H,1-3H3. The van der Waals surface area contributed by atoms with Gasteiger partial charge in [-0.3, -0.25) is 0 Å². The summed E-state index contributed by atoms with van der Waals surface area (Å²) >= 11 is 0. The van der Waals surface area contributed by atoms with E-state index in [1.165, 1.54) is 155 Å². The van der Waals surface area contributed by atoms with Crippen molar-refractivity contribution in [1.29, 1.82) is 0 Å². The van der Waals surface area contributed by atoms with Crippen LogP contribution in [0.5, 0.6) is 0 Å². The maximum Gasteiger partial charge on any atom is 0.252 e. The van der Waals surface area contributed by atoms with Gasteiger partial charge in [0.05, 0.1) is 44.3 Å². The first kappa shape index (κ1) is 70.2. The molecule has 27 rings (SSSR count). The monoisotopic (exact) mass is 1590 g/mol. The number of hydrogen-bond acceptors (Lipinski definition) is 2.